The van der Waals surface area contributed by atoms with Gasteiger partial charge in [-0.15, -0.1) is 5.10 Å². The fourth-order valence-corrected chi connectivity index (χ4v) is 1.00. The number of hydrogen-bond acceptors (Lipinski definition) is 5. The van der Waals surface area contributed by atoms with Gasteiger partial charge >= 0.3 is 0 Å². The van der Waals surface area contributed by atoms with Crippen molar-refractivity contribution >= 4 is 11.9 Å². The Morgan fingerprint density at radius 2 is 2.14 bits per heavy atom. The Morgan fingerprint density at radius 1 is 1.50 bits per heavy atom. The van der Waals surface area contributed by atoms with Crippen molar-refractivity contribution in [2.45, 2.75) is 32.9 Å². The van der Waals surface area contributed by atoms with Gasteiger partial charge < -0.3 is 16.2 Å². The van der Waals surface area contributed by atoms with Gasteiger partial charge in [-0.2, -0.15) is 4.98 Å². The lowest BCUT2D eigenvalue weighted by Crippen LogP contribution is -2.26. The summed E-state index contributed by atoms with van der Waals surface area (Å²) >= 11 is 0. The van der Waals surface area contributed by atoms with E-state index in [4.69, 9.17) is 10.8 Å². The highest BCUT2D eigenvalue weighted by Crippen LogP contribution is 2.11. The van der Waals surface area contributed by atoms with Gasteiger partial charge in [0.25, 0.3) is 0 Å². The van der Waals surface area contributed by atoms with Crippen molar-refractivity contribution in [3.05, 3.63) is 0 Å². The molecule has 1 aromatic heterocycles. The van der Waals surface area contributed by atoms with Gasteiger partial charge in [0, 0.05) is 5.54 Å². The van der Waals surface area contributed by atoms with Crippen molar-refractivity contribution in [2.75, 3.05) is 17.7 Å². The number of nitrogens with one attached hydrogen (secondary N) is 1. The Bertz CT molecular complexity index is 301. The fraction of sp³-hybridized carbons (Fsp3) is 0.750. The molecular weight excluding hydrogens is 182 g/mol. The molecule has 0 aliphatic heterocycles. The summed E-state index contributed by atoms with van der Waals surface area (Å²) in [6.45, 7) is 6.40. The van der Waals surface area contributed by atoms with E-state index in [0.717, 1.165) is 0 Å². The average molecular weight is 199 g/mol. The van der Waals surface area contributed by atoms with Gasteiger partial charge in [-0.3, -0.25) is 0 Å². The number of nitrogen functional groups attached to an aromatic ring is 1. The van der Waals surface area contributed by atoms with Crippen LogP contribution >= 0.6 is 0 Å². The van der Waals surface area contributed by atoms with Crippen LogP contribution < -0.4 is 11.1 Å². The molecule has 0 atom stereocenters. The SMILES string of the molecule is CC(C)(C)Nc1nc(N)n(CCO)n1. The van der Waals surface area contributed by atoms with Crippen molar-refractivity contribution in [1.29, 1.82) is 0 Å². The zero-order valence-corrected chi connectivity index (χ0v) is 8.78. The zero-order valence-electron chi connectivity index (χ0n) is 8.78. The Kier molecular flexibility index (Phi) is 2.95. The number of anilines is 2. The second-order valence-electron chi connectivity index (χ2n) is 4.12. The molecule has 80 valence electrons. The lowest BCUT2D eigenvalue weighted by Gasteiger charge is -2.18. The van der Waals surface area contributed by atoms with E-state index in [1.807, 2.05) is 20.8 Å². The smallest absolute Gasteiger partial charge is 0.244 e. The maximum Gasteiger partial charge on any atom is 0.244 e. The van der Waals surface area contributed by atoms with Gasteiger partial charge in [-0.05, 0) is 20.8 Å². The standard InChI is InChI=1S/C8H17N5O/c1-8(2,3)11-7-10-6(9)13(12-7)4-5-14/h14H,4-5H2,1-3H3,(H3,9,10,11,12). The maximum absolute atomic E-state index is 8.72. The third-order valence-corrected chi connectivity index (χ3v) is 1.50. The second-order valence-corrected chi connectivity index (χ2v) is 4.12. The summed E-state index contributed by atoms with van der Waals surface area (Å²) < 4.78 is 1.47. The first-order valence-electron chi connectivity index (χ1n) is 4.52. The summed E-state index contributed by atoms with van der Waals surface area (Å²) in [4.78, 5) is 4.02. The predicted octanol–water partition coefficient (Wildman–Crippen LogP) is 0.0630. The molecule has 0 spiro atoms. The van der Waals surface area contributed by atoms with Crippen LogP contribution in [-0.2, 0) is 6.54 Å². The number of aliphatic hydroxyl groups is 1. The molecule has 6 nitrogen and oxygen atoms in total. The van der Waals surface area contributed by atoms with Crippen LogP contribution in [0.1, 0.15) is 20.8 Å². The normalized spacial score (nSPS) is 11.7. The highest BCUT2D eigenvalue weighted by atomic mass is 16.3. The summed E-state index contributed by atoms with van der Waals surface area (Å²) in [5.74, 6) is 0.800. The van der Waals surface area contributed by atoms with E-state index in [0.29, 0.717) is 18.4 Å². The molecule has 0 radical (unpaired) electrons. The van der Waals surface area contributed by atoms with Gasteiger partial charge in [-0.25, -0.2) is 4.68 Å². The molecule has 0 aromatic carbocycles. The molecule has 6 heteroatoms. The molecule has 0 aliphatic rings. The minimum atomic E-state index is -0.0994. The topological polar surface area (TPSA) is 89.0 Å². The lowest BCUT2D eigenvalue weighted by atomic mass is 10.1. The predicted molar refractivity (Wildman–Crippen MR) is 54.9 cm³/mol. The Hall–Kier alpha value is -1.30. The van der Waals surface area contributed by atoms with Crippen molar-refractivity contribution in [3.8, 4) is 0 Å². The first kappa shape index (κ1) is 10.8. The van der Waals surface area contributed by atoms with E-state index in [1.54, 1.807) is 0 Å². The number of aliphatic hydroxyl groups excluding tert-OH is 1. The molecule has 0 fully saturated rings. The molecule has 0 bridgehead atoms. The summed E-state index contributed by atoms with van der Waals surface area (Å²) in [6, 6.07) is 0. The van der Waals surface area contributed by atoms with Crippen molar-refractivity contribution in [1.82, 2.24) is 14.8 Å². The summed E-state index contributed by atoms with van der Waals surface area (Å²) in [5, 5.41) is 15.9. The average Bonchev–Trinajstić information content (AvgIpc) is 2.28. The minimum Gasteiger partial charge on any atom is -0.394 e. The number of aromatic nitrogens is 3. The van der Waals surface area contributed by atoms with E-state index in [9.17, 15) is 0 Å². The molecule has 0 unspecified atom stereocenters. The van der Waals surface area contributed by atoms with Crippen LogP contribution in [-0.4, -0.2) is 32.0 Å². The maximum atomic E-state index is 8.72. The zero-order chi connectivity index (χ0) is 10.8. The van der Waals surface area contributed by atoms with Crippen molar-refractivity contribution < 1.29 is 5.11 Å². The summed E-state index contributed by atoms with van der Waals surface area (Å²) in [6.07, 6.45) is 0. The Morgan fingerprint density at radius 3 is 2.64 bits per heavy atom. The van der Waals surface area contributed by atoms with Gasteiger partial charge in [0.1, 0.15) is 0 Å². The van der Waals surface area contributed by atoms with Crippen molar-refractivity contribution in [3.63, 3.8) is 0 Å². The Labute approximate surface area is 83.1 Å². The highest BCUT2D eigenvalue weighted by molar-refractivity contribution is 5.33. The lowest BCUT2D eigenvalue weighted by molar-refractivity contribution is 0.270. The largest absolute Gasteiger partial charge is 0.394 e. The molecule has 0 saturated heterocycles. The van der Waals surface area contributed by atoms with E-state index < -0.39 is 0 Å². The molecule has 4 N–H and O–H groups in total. The molecular formula is C8H17N5O. The van der Waals surface area contributed by atoms with Crippen LogP contribution in [0.4, 0.5) is 11.9 Å². The van der Waals surface area contributed by atoms with Crippen molar-refractivity contribution in [2.24, 2.45) is 0 Å². The molecule has 1 rings (SSSR count). The minimum absolute atomic E-state index is 0.00250. The van der Waals surface area contributed by atoms with E-state index in [-0.39, 0.29) is 12.1 Å². The number of nitrogens with two attached hydrogens (primary N) is 1. The van der Waals surface area contributed by atoms with Gasteiger partial charge in [0.05, 0.1) is 13.2 Å². The molecule has 0 amide bonds. The van der Waals surface area contributed by atoms with E-state index >= 15 is 0 Å². The molecule has 14 heavy (non-hydrogen) atoms. The summed E-state index contributed by atoms with van der Waals surface area (Å²) in [7, 11) is 0. The Balaban J connectivity index is 2.75. The van der Waals surface area contributed by atoms with Gasteiger partial charge in [-0.1, -0.05) is 0 Å². The molecule has 0 aliphatic carbocycles. The third kappa shape index (κ3) is 2.88. The molecule has 1 aromatic rings. The summed E-state index contributed by atoms with van der Waals surface area (Å²) in [5.41, 5.74) is 5.49. The van der Waals surface area contributed by atoms with Crippen LogP contribution in [0.5, 0.6) is 0 Å². The number of hydrogen-bond donors (Lipinski definition) is 3. The first-order chi connectivity index (χ1) is 6.42. The van der Waals surface area contributed by atoms with Crippen LogP contribution in [0.15, 0.2) is 0 Å². The molecule has 1 heterocycles. The van der Waals surface area contributed by atoms with Gasteiger partial charge in [0.2, 0.25) is 11.9 Å². The number of nitrogens with zero attached hydrogens (tertiary/aromatic N) is 3. The fourth-order valence-electron chi connectivity index (χ4n) is 1.00. The molecule has 0 saturated carbocycles. The van der Waals surface area contributed by atoms with Gasteiger partial charge in [0.15, 0.2) is 0 Å². The highest BCUT2D eigenvalue weighted by Gasteiger charge is 2.13. The van der Waals surface area contributed by atoms with Crippen LogP contribution in [0.2, 0.25) is 0 Å². The van der Waals surface area contributed by atoms with E-state index in [2.05, 4.69) is 15.4 Å². The van der Waals surface area contributed by atoms with Crippen LogP contribution in [0.3, 0.4) is 0 Å². The second kappa shape index (κ2) is 3.83. The first-order valence-corrected chi connectivity index (χ1v) is 4.52. The monoisotopic (exact) mass is 199 g/mol. The van der Waals surface area contributed by atoms with Crippen LogP contribution in [0.25, 0.3) is 0 Å². The number of rotatable bonds is 3. The van der Waals surface area contributed by atoms with E-state index in [1.165, 1.54) is 4.68 Å². The van der Waals surface area contributed by atoms with Crippen LogP contribution in [0, 0.1) is 0 Å². The third-order valence-electron chi connectivity index (χ3n) is 1.50. The quantitative estimate of drug-likeness (QED) is 0.640.